The Labute approximate surface area is 121 Å². The van der Waals surface area contributed by atoms with Gasteiger partial charge in [0.1, 0.15) is 11.5 Å². The van der Waals surface area contributed by atoms with Crippen LogP contribution in [0.3, 0.4) is 0 Å². The molecule has 0 atom stereocenters. The van der Waals surface area contributed by atoms with Crippen molar-refractivity contribution in [3.63, 3.8) is 0 Å². The summed E-state index contributed by atoms with van der Waals surface area (Å²) in [7, 11) is 0. The number of nitrogens with one attached hydrogen (secondary N) is 2. The second-order valence-corrected chi connectivity index (χ2v) is 5.02. The second kappa shape index (κ2) is 5.40. The molecular weight excluding hydrogens is 267 g/mol. The van der Waals surface area contributed by atoms with Crippen molar-refractivity contribution >= 4 is 16.8 Å². The van der Waals surface area contributed by atoms with Crippen molar-refractivity contribution in [1.29, 1.82) is 0 Å². The number of amides is 1. The molecule has 0 aliphatic heterocycles. The Morgan fingerprint density at radius 2 is 2.00 bits per heavy atom. The molecule has 0 fully saturated rings. The number of para-hydroxylation sites is 1. The smallest absolute Gasteiger partial charge is 0.267 e. The number of fused-ring (bicyclic) bond motifs is 1. The van der Waals surface area contributed by atoms with Gasteiger partial charge in [0.25, 0.3) is 5.91 Å². The standard InChI is InChI=1S/C17H15FN2O/c1-11-6-7-14(18)8-13(11)10-19-17(21)16-9-12-4-2-3-5-15(12)20-16/h2-9,20H,10H2,1H3,(H,19,21). The molecule has 1 amide bonds. The van der Waals surface area contributed by atoms with Gasteiger partial charge in [0.05, 0.1) is 0 Å². The maximum absolute atomic E-state index is 13.2. The number of H-pyrrole nitrogens is 1. The molecule has 0 unspecified atom stereocenters. The average Bonchev–Trinajstić information content (AvgIpc) is 2.92. The fourth-order valence-electron chi connectivity index (χ4n) is 2.30. The van der Waals surface area contributed by atoms with Crippen LogP contribution in [0, 0.1) is 12.7 Å². The van der Waals surface area contributed by atoms with E-state index in [1.165, 1.54) is 12.1 Å². The summed E-state index contributed by atoms with van der Waals surface area (Å²) in [4.78, 5) is 15.2. The molecular formula is C17H15FN2O. The third-order valence-electron chi connectivity index (χ3n) is 3.53. The van der Waals surface area contributed by atoms with Crippen molar-refractivity contribution in [2.45, 2.75) is 13.5 Å². The van der Waals surface area contributed by atoms with Gasteiger partial charge in [-0.25, -0.2) is 4.39 Å². The van der Waals surface area contributed by atoms with Crippen LogP contribution in [-0.2, 0) is 6.54 Å². The van der Waals surface area contributed by atoms with E-state index in [2.05, 4.69) is 10.3 Å². The largest absolute Gasteiger partial charge is 0.351 e. The van der Waals surface area contributed by atoms with Crippen molar-refractivity contribution in [2.75, 3.05) is 0 Å². The lowest BCUT2D eigenvalue weighted by atomic mass is 10.1. The number of rotatable bonds is 3. The van der Waals surface area contributed by atoms with E-state index in [0.29, 0.717) is 12.2 Å². The lowest BCUT2D eigenvalue weighted by Crippen LogP contribution is -2.23. The molecule has 3 nitrogen and oxygen atoms in total. The Bertz CT molecular complexity index is 774. The van der Waals surface area contributed by atoms with Gasteiger partial charge in [-0.05, 0) is 42.3 Å². The second-order valence-electron chi connectivity index (χ2n) is 5.02. The number of carbonyl (C=O) groups is 1. The Kier molecular flexibility index (Phi) is 3.44. The quantitative estimate of drug-likeness (QED) is 0.758. The minimum Gasteiger partial charge on any atom is -0.351 e. The van der Waals surface area contributed by atoms with Crippen LogP contribution in [0.25, 0.3) is 10.9 Å². The third-order valence-corrected chi connectivity index (χ3v) is 3.53. The summed E-state index contributed by atoms with van der Waals surface area (Å²) >= 11 is 0. The first-order chi connectivity index (χ1) is 10.1. The fourth-order valence-corrected chi connectivity index (χ4v) is 2.30. The van der Waals surface area contributed by atoms with Crippen LogP contribution in [0.1, 0.15) is 21.6 Å². The predicted octanol–water partition coefficient (Wildman–Crippen LogP) is 3.55. The molecule has 0 saturated carbocycles. The van der Waals surface area contributed by atoms with Gasteiger partial charge in [-0.1, -0.05) is 24.3 Å². The molecule has 106 valence electrons. The molecule has 3 rings (SSSR count). The summed E-state index contributed by atoms with van der Waals surface area (Å²) in [5, 5.41) is 3.80. The Morgan fingerprint density at radius 3 is 2.81 bits per heavy atom. The maximum atomic E-state index is 13.2. The van der Waals surface area contributed by atoms with Gasteiger partial charge in [0, 0.05) is 17.4 Å². The van der Waals surface area contributed by atoms with Crippen molar-refractivity contribution in [1.82, 2.24) is 10.3 Å². The summed E-state index contributed by atoms with van der Waals surface area (Å²) in [6.07, 6.45) is 0. The summed E-state index contributed by atoms with van der Waals surface area (Å²) in [6.45, 7) is 2.20. The van der Waals surface area contributed by atoms with Gasteiger partial charge in [-0.15, -0.1) is 0 Å². The highest BCUT2D eigenvalue weighted by Gasteiger charge is 2.09. The van der Waals surface area contributed by atoms with Crippen LogP contribution >= 0.6 is 0 Å². The minimum absolute atomic E-state index is 0.199. The number of aromatic amines is 1. The number of aryl methyl sites for hydroxylation is 1. The molecule has 0 saturated heterocycles. The van der Waals surface area contributed by atoms with E-state index in [4.69, 9.17) is 0 Å². The molecule has 21 heavy (non-hydrogen) atoms. The van der Waals surface area contributed by atoms with Crippen LogP contribution < -0.4 is 5.32 Å². The molecule has 0 radical (unpaired) electrons. The SMILES string of the molecule is Cc1ccc(F)cc1CNC(=O)c1cc2ccccc2[nH]1. The summed E-state index contributed by atoms with van der Waals surface area (Å²) in [5.74, 6) is -0.495. The molecule has 1 heterocycles. The molecule has 2 aromatic carbocycles. The highest BCUT2D eigenvalue weighted by Crippen LogP contribution is 2.15. The lowest BCUT2D eigenvalue weighted by molar-refractivity contribution is 0.0946. The number of halogens is 1. The number of aromatic nitrogens is 1. The highest BCUT2D eigenvalue weighted by molar-refractivity contribution is 5.97. The van der Waals surface area contributed by atoms with Crippen LogP contribution in [-0.4, -0.2) is 10.9 Å². The molecule has 0 spiro atoms. The fraction of sp³-hybridized carbons (Fsp3) is 0.118. The third kappa shape index (κ3) is 2.79. The first-order valence-electron chi connectivity index (χ1n) is 6.74. The molecule has 3 aromatic rings. The van der Waals surface area contributed by atoms with Gasteiger partial charge in [-0.2, -0.15) is 0 Å². The first-order valence-corrected chi connectivity index (χ1v) is 6.74. The van der Waals surface area contributed by atoms with E-state index in [1.807, 2.05) is 37.3 Å². The van der Waals surface area contributed by atoms with Gasteiger partial charge in [0.2, 0.25) is 0 Å². The maximum Gasteiger partial charge on any atom is 0.267 e. The van der Waals surface area contributed by atoms with Gasteiger partial charge in [0.15, 0.2) is 0 Å². The van der Waals surface area contributed by atoms with Crippen molar-refractivity contribution in [2.24, 2.45) is 0 Å². The zero-order valence-electron chi connectivity index (χ0n) is 11.6. The summed E-state index contributed by atoms with van der Waals surface area (Å²) < 4.78 is 13.2. The number of hydrogen-bond donors (Lipinski definition) is 2. The zero-order chi connectivity index (χ0) is 14.8. The monoisotopic (exact) mass is 282 g/mol. The van der Waals surface area contributed by atoms with Gasteiger partial charge < -0.3 is 10.3 Å². The van der Waals surface area contributed by atoms with E-state index in [-0.39, 0.29) is 11.7 Å². The molecule has 1 aromatic heterocycles. The van der Waals surface area contributed by atoms with E-state index in [1.54, 1.807) is 6.07 Å². The van der Waals surface area contributed by atoms with Gasteiger partial charge >= 0.3 is 0 Å². The zero-order valence-corrected chi connectivity index (χ0v) is 11.6. The van der Waals surface area contributed by atoms with Crippen molar-refractivity contribution in [3.8, 4) is 0 Å². The molecule has 4 heteroatoms. The normalized spacial score (nSPS) is 10.8. The highest BCUT2D eigenvalue weighted by atomic mass is 19.1. The van der Waals surface area contributed by atoms with Crippen LogP contribution in [0.2, 0.25) is 0 Å². The first kappa shape index (κ1) is 13.4. The summed E-state index contributed by atoms with van der Waals surface area (Å²) in [6, 6.07) is 14.1. The Morgan fingerprint density at radius 1 is 1.19 bits per heavy atom. The molecule has 2 N–H and O–H groups in total. The van der Waals surface area contributed by atoms with Crippen LogP contribution in [0.5, 0.6) is 0 Å². The number of carbonyl (C=O) groups excluding carboxylic acids is 1. The van der Waals surface area contributed by atoms with Crippen LogP contribution in [0.4, 0.5) is 4.39 Å². The number of benzene rings is 2. The Balaban J connectivity index is 1.75. The van der Waals surface area contributed by atoms with Crippen molar-refractivity contribution in [3.05, 3.63) is 71.2 Å². The molecule has 0 aliphatic rings. The topological polar surface area (TPSA) is 44.9 Å². The van der Waals surface area contributed by atoms with E-state index in [0.717, 1.165) is 22.0 Å². The van der Waals surface area contributed by atoms with E-state index in [9.17, 15) is 9.18 Å². The van der Waals surface area contributed by atoms with E-state index < -0.39 is 0 Å². The van der Waals surface area contributed by atoms with Crippen LogP contribution in [0.15, 0.2) is 48.5 Å². The average molecular weight is 282 g/mol. The summed E-state index contributed by atoms with van der Waals surface area (Å²) in [5.41, 5.74) is 3.16. The van der Waals surface area contributed by atoms with Crippen molar-refractivity contribution < 1.29 is 9.18 Å². The number of hydrogen-bond acceptors (Lipinski definition) is 1. The van der Waals surface area contributed by atoms with Gasteiger partial charge in [-0.3, -0.25) is 4.79 Å². The lowest BCUT2D eigenvalue weighted by Gasteiger charge is -2.07. The molecule has 0 bridgehead atoms. The Hall–Kier alpha value is -2.62. The molecule has 0 aliphatic carbocycles. The minimum atomic E-state index is -0.296. The predicted molar refractivity (Wildman–Crippen MR) is 80.6 cm³/mol. The van der Waals surface area contributed by atoms with E-state index >= 15 is 0 Å².